The number of ketones is 1. The maximum atomic E-state index is 13.4. The number of hydrogen-bond acceptors (Lipinski definition) is 5. The Bertz CT molecular complexity index is 842. The van der Waals surface area contributed by atoms with E-state index in [0.29, 0.717) is 49.1 Å². The second-order valence-electron chi connectivity index (χ2n) is 7.61. The van der Waals surface area contributed by atoms with Gasteiger partial charge >= 0.3 is 0 Å². The molecule has 6 nitrogen and oxygen atoms in total. The molecule has 0 bridgehead atoms. The number of nitrogens with zero attached hydrogens (tertiary/aromatic N) is 2. The summed E-state index contributed by atoms with van der Waals surface area (Å²) in [5.41, 5.74) is 2.29. The Balaban J connectivity index is 2.29. The largest absolute Gasteiger partial charge is 0.391 e. The molecule has 0 amide bonds. The van der Waals surface area contributed by atoms with Gasteiger partial charge in [-0.1, -0.05) is 54.6 Å². The highest BCUT2D eigenvalue weighted by atomic mass is 16.5. The van der Waals surface area contributed by atoms with Crippen LogP contribution in [0.25, 0.3) is 0 Å². The molecule has 0 aliphatic carbocycles. The summed E-state index contributed by atoms with van der Waals surface area (Å²) in [7, 11) is 0. The Labute approximate surface area is 184 Å². The molecule has 2 N–H and O–H groups in total. The quantitative estimate of drug-likeness (QED) is 0.359. The average molecular weight is 426 g/mol. The summed E-state index contributed by atoms with van der Waals surface area (Å²) in [6.07, 6.45) is 0.143. The Hall–Kier alpha value is -2.56. The predicted molar refractivity (Wildman–Crippen MR) is 119 cm³/mol. The Kier molecular flexibility index (Phi) is 10.3. The minimum atomic E-state index is -0.778. The molecular weight excluding hydrogens is 392 g/mol. The smallest absolute Gasteiger partial charge is 0.196 e. The van der Waals surface area contributed by atoms with E-state index in [-0.39, 0.29) is 19.0 Å². The van der Waals surface area contributed by atoms with Crippen molar-refractivity contribution in [1.29, 1.82) is 5.26 Å². The summed E-state index contributed by atoms with van der Waals surface area (Å²) < 4.78 is 6.73. The van der Waals surface area contributed by atoms with Gasteiger partial charge in [0.2, 0.25) is 0 Å². The molecular formula is C25H33N2O4+. The van der Waals surface area contributed by atoms with E-state index < -0.39 is 6.10 Å². The number of aryl methyl sites for hydroxylation is 1. The van der Waals surface area contributed by atoms with Crippen molar-refractivity contribution >= 4 is 5.78 Å². The van der Waals surface area contributed by atoms with E-state index in [2.05, 4.69) is 6.07 Å². The topological polar surface area (TPSA) is 90.5 Å². The van der Waals surface area contributed by atoms with E-state index in [0.717, 1.165) is 17.7 Å². The van der Waals surface area contributed by atoms with Crippen molar-refractivity contribution in [3.63, 3.8) is 0 Å². The Morgan fingerprint density at radius 1 is 1.03 bits per heavy atom. The van der Waals surface area contributed by atoms with Crippen LogP contribution in [0.15, 0.2) is 54.6 Å². The van der Waals surface area contributed by atoms with Crippen LogP contribution in [0.2, 0.25) is 0 Å². The van der Waals surface area contributed by atoms with Crippen molar-refractivity contribution in [1.82, 2.24) is 0 Å². The number of aliphatic hydroxyl groups is 2. The maximum absolute atomic E-state index is 13.4. The first kappa shape index (κ1) is 24.7. The van der Waals surface area contributed by atoms with Gasteiger partial charge < -0.3 is 19.4 Å². The van der Waals surface area contributed by atoms with Crippen LogP contribution in [0.3, 0.4) is 0 Å². The molecule has 1 atom stereocenters. The highest BCUT2D eigenvalue weighted by Crippen LogP contribution is 2.27. The van der Waals surface area contributed by atoms with Crippen molar-refractivity contribution in [3.8, 4) is 6.07 Å². The molecule has 0 radical (unpaired) electrons. The van der Waals surface area contributed by atoms with E-state index in [1.807, 2.05) is 49.4 Å². The van der Waals surface area contributed by atoms with Gasteiger partial charge in [-0.15, -0.1) is 0 Å². The lowest BCUT2D eigenvalue weighted by atomic mass is 9.94. The highest BCUT2D eigenvalue weighted by Gasteiger charge is 2.28. The molecule has 2 aromatic carbocycles. The zero-order chi connectivity index (χ0) is 22.5. The molecule has 1 unspecified atom stereocenters. The summed E-state index contributed by atoms with van der Waals surface area (Å²) in [6.45, 7) is 4.76. The third kappa shape index (κ3) is 6.98. The second-order valence-corrected chi connectivity index (χ2v) is 7.61. The molecule has 0 aliphatic rings. The fourth-order valence-electron chi connectivity index (χ4n) is 3.87. The molecule has 0 spiro atoms. The van der Waals surface area contributed by atoms with Crippen LogP contribution < -0.4 is 0 Å². The number of likely N-dealkylation sites (N-methyl/N-ethyl adjacent to an activating group) is 1. The first-order valence-corrected chi connectivity index (χ1v) is 10.8. The number of ether oxygens (including phenoxy) is 1. The van der Waals surface area contributed by atoms with Crippen LogP contribution in [0.5, 0.6) is 0 Å². The molecule has 6 heteroatoms. The molecule has 31 heavy (non-hydrogen) atoms. The fraction of sp³-hybridized carbons (Fsp3) is 0.440. The van der Waals surface area contributed by atoms with Gasteiger partial charge in [0.15, 0.2) is 5.78 Å². The molecule has 2 rings (SSSR count). The molecule has 0 aliphatic heterocycles. The molecule has 0 heterocycles. The second kappa shape index (κ2) is 13.0. The van der Waals surface area contributed by atoms with Crippen molar-refractivity contribution in [2.45, 2.75) is 25.9 Å². The lowest BCUT2D eigenvalue weighted by Crippen LogP contribution is -2.53. The number of rotatable bonds is 14. The summed E-state index contributed by atoms with van der Waals surface area (Å²) in [4.78, 5) is 13.4. The predicted octanol–water partition coefficient (Wildman–Crippen LogP) is 2.90. The molecule has 0 saturated heterocycles. The minimum Gasteiger partial charge on any atom is -0.391 e. The number of carbonyl (C=O) groups excluding carboxylic acids is 1. The van der Waals surface area contributed by atoms with Gasteiger partial charge in [0.1, 0.15) is 25.7 Å². The van der Waals surface area contributed by atoms with Crippen LogP contribution in [0.4, 0.5) is 0 Å². The average Bonchev–Trinajstić information content (AvgIpc) is 2.81. The van der Waals surface area contributed by atoms with Gasteiger partial charge in [-0.05, 0) is 24.5 Å². The maximum Gasteiger partial charge on any atom is 0.196 e. The monoisotopic (exact) mass is 425 g/mol. The van der Waals surface area contributed by atoms with Gasteiger partial charge in [-0.25, -0.2) is 0 Å². The van der Waals surface area contributed by atoms with E-state index in [1.54, 1.807) is 12.1 Å². The Morgan fingerprint density at radius 2 is 1.68 bits per heavy atom. The molecule has 0 saturated carbocycles. The number of benzene rings is 2. The lowest BCUT2D eigenvalue weighted by molar-refractivity contribution is -0.927. The summed E-state index contributed by atoms with van der Waals surface area (Å²) in [5.74, 6) is -0.121. The van der Waals surface area contributed by atoms with E-state index in [4.69, 9.17) is 10.00 Å². The highest BCUT2D eigenvalue weighted by molar-refractivity contribution is 6.00. The van der Waals surface area contributed by atoms with Crippen LogP contribution in [-0.2, 0) is 11.2 Å². The minimum absolute atomic E-state index is 0.0250. The summed E-state index contributed by atoms with van der Waals surface area (Å²) in [5, 5.41) is 28.0. The van der Waals surface area contributed by atoms with E-state index in [1.165, 1.54) is 0 Å². The van der Waals surface area contributed by atoms with Gasteiger partial charge in [0.25, 0.3) is 0 Å². The Morgan fingerprint density at radius 3 is 2.29 bits per heavy atom. The van der Waals surface area contributed by atoms with Crippen LogP contribution in [0.1, 0.15) is 40.9 Å². The van der Waals surface area contributed by atoms with Crippen molar-refractivity contribution < 1.29 is 24.2 Å². The van der Waals surface area contributed by atoms with Gasteiger partial charge in [-0.2, -0.15) is 5.26 Å². The number of carbonyl (C=O) groups is 1. The third-order valence-electron chi connectivity index (χ3n) is 5.81. The molecule has 166 valence electrons. The molecule has 0 aromatic heterocycles. The summed E-state index contributed by atoms with van der Waals surface area (Å²) >= 11 is 0. The van der Waals surface area contributed by atoms with Crippen LogP contribution in [-0.4, -0.2) is 66.5 Å². The van der Waals surface area contributed by atoms with Gasteiger partial charge in [0.05, 0.1) is 32.4 Å². The standard InChI is InChI=1S/C25H33N2O4/c1-2-27(15-18-28,16-19-29)17-20-31-25(24(30)22-10-4-3-5-11-22)23-13-7-6-9-21(23)12-8-14-26/h3-7,9-11,13,25,28-29H,2,8,12,15-20H2,1H3/q+1. The zero-order valence-electron chi connectivity index (χ0n) is 18.2. The van der Waals surface area contributed by atoms with Crippen molar-refractivity contribution in [2.75, 3.05) is 46.0 Å². The number of Topliss-reactive ketones (excluding diaryl/α,β-unsaturated/α-hetero) is 1. The zero-order valence-corrected chi connectivity index (χ0v) is 18.2. The number of aliphatic hydroxyl groups excluding tert-OH is 2. The van der Waals surface area contributed by atoms with Crippen LogP contribution in [0, 0.1) is 11.3 Å². The third-order valence-corrected chi connectivity index (χ3v) is 5.81. The normalized spacial score (nSPS) is 12.3. The van der Waals surface area contributed by atoms with Gasteiger partial charge in [-0.3, -0.25) is 4.79 Å². The SMILES string of the molecule is CC[N+](CCO)(CCO)CCOC(C(=O)c1ccccc1)c1ccccc1CCC#N. The fourth-order valence-corrected chi connectivity index (χ4v) is 3.87. The first-order chi connectivity index (χ1) is 15.1. The van der Waals surface area contributed by atoms with E-state index >= 15 is 0 Å². The van der Waals surface area contributed by atoms with Crippen molar-refractivity contribution in [3.05, 3.63) is 71.3 Å². The summed E-state index contributed by atoms with van der Waals surface area (Å²) in [6, 6.07) is 18.9. The molecule has 2 aromatic rings. The van der Waals surface area contributed by atoms with E-state index in [9.17, 15) is 15.0 Å². The molecule has 0 fully saturated rings. The number of quaternary nitrogens is 1. The first-order valence-electron chi connectivity index (χ1n) is 10.8. The van der Waals surface area contributed by atoms with Gasteiger partial charge in [0, 0.05) is 12.0 Å². The van der Waals surface area contributed by atoms with Crippen LogP contribution >= 0.6 is 0 Å². The number of nitriles is 1. The lowest BCUT2D eigenvalue weighted by Gasteiger charge is -2.37. The van der Waals surface area contributed by atoms with Crippen molar-refractivity contribution in [2.24, 2.45) is 0 Å². The number of hydrogen-bond donors (Lipinski definition) is 2.